The molecule has 1 aliphatic rings. The van der Waals surface area contributed by atoms with Gasteiger partial charge in [-0.2, -0.15) is 16.9 Å². The highest BCUT2D eigenvalue weighted by atomic mass is 32.2. The minimum Gasteiger partial charge on any atom is -0.370 e. The zero-order valence-electron chi connectivity index (χ0n) is 13.2. The van der Waals surface area contributed by atoms with Crippen LogP contribution in [0.25, 0.3) is 16.8 Å². The number of aromatic nitrogens is 2. The lowest BCUT2D eigenvalue weighted by Gasteiger charge is -2.28. The third-order valence-corrected chi connectivity index (χ3v) is 5.17. The van der Waals surface area contributed by atoms with Crippen molar-refractivity contribution in [2.75, 3.05) is 29.5 Å². The van der Waals surface area contributed by atoms with E-state index in [0.29, 0.717) is 0 Å². The molecule has 1 aromatic heterocycles. The molecule has 0 amide bonds. The highest BCUT2D eigenvalue weighted by Gasteiger charge is 2.11. The van der Waals surface area contributed by atoms with Gasteiger partial charge in [0.1, 0.15) is 5.82 Å². The molecule has 1 fully saturated rings. The Bertz CT molecular complexity index is 823. The van der Waals surface area contributed by atoms with Gasteiger partial charge in [-0.15, -0.1) is 0 Å². The predicted octanol–water partition coefficient (Wildman–Crippen LogP) is 4.23. The third kappa shape index (κ3) is 3.17. The SMILES string of the molecule is Fc1cccc(-n2cc(-c3ccc(N4CCSCC4)cc3)cn2)c1. The number of halogens is 1. The van der Waals surface area contributed by atoms with Gasteiger partial charge < -0.3 is 4.90 Å². The van der Waals surface area contributed by atoms with Crippen LogP contribution in [0.1, 0.15) is 0 Å². The van der Waals surface area contributed by atoms with E-state index < -0.39 is 0 Å². The number of rotatable bonds is 3. The van der Waals surface area contributed by atoms with Gasteiger partial charge in [-0.3, -0.25) is 0 Å². The normalized spacial score (nSPS) is 14.8. The number of hydrogen-bond donors (Lipinski definition) is 0. The molecular formula is C19H18FN3S. The molecule has 2 aromatic carbocycles. The average molecular weight is 339 g/mol. The Morgan fingerprint density at radius 3 is 2.46 bits per heavy atom. The van der Waals surface area contributed by atoms with Gasteiger partial charge in [-0.05, 0) is 35.9 Å². The summed E-state index contributed by atoms with van der Waals surface area (Å²) in [6, 6.07) is 15.1. The summed E-state index contributed by atoms with van der Waals surface area (Å²) in [6.45, 7) is 2.23. The van der Waals surface area contributed by atoms with E-state index in [1.165, 1.54) is 29.3 Å². The lowest BCUT2D eigenvalue weighted by atomic mass is 10.1. The lowest BCUT2D eigenvalue weighted by Crippen LogP contribution is -2.32. The Morgan fingerprint density at radius 1 is 0.917 bits per heavy atom. The van der Waals surface area contributed by atoms with E-state index in [1.807, 2.05) is 30.2 Å². The maximum absolute atomic E-state index is 13.4. The van der Waals surface area contributed by atoms with Crippen LogP contribution in [0.4, 0.5) is 10.1 Å². The van der Waals surface area contributed by atoms with Gasteiger partial charge in [0.15, 0.2) is 0 Å². The molecule has 3 aromatic rings. The summed E-state index contributed by atoms with van der Waals surface area (Å²) in [7, 11) is 0. The maximum atomic E-state index is 13.4. The summed E-state index contributed by atoms with van der Waals surface area (Å²) in [4.78, 5) is 2.43. The largest absolute Gasteiger partial charge is 0.370 e. The fourth-order valence-electron chi connectivity index (χ4n) is 2.92. The second-order valence-corrected chi connectivity index (χ2v) is 7.02. The van der Waals surface area contributed by atoms with Crippen molar-refractivity contribution in [3.63, 3.8) is 0 Å². The van der Waals surface area contributed by atoms with Crippen molar-refractivity contribution in [3.05, 3.63) is 66.7 Å². The molecule has 0 saturated carbocycles. The summed E-state index contributed by atoms with van der Waals surface area (Å²) in [5.41, 5.74) is 4.15. The Morgan fingerprint density at radius 2 is 1.71 bits per heavy atom. The van der Waals surface area contributed by atoms with E-state index in [0.717, 1.165) is 29.9 Å². The molecule has 2 heterocycles. The van der Waals surface area contributed by atoms with Crippen molar-refractivity contribution in [3.8, 4) is 16.8 Å². The number of benzene rings is 2. The molecule has 0 radical (unpaired) electrons. The Hall–Kier alpha value is -2.27. The Labute approximate surface area is 145 Å². The van der Waals surface area contributed by atoms with Crippen LogP contribution in [0, 0.1) is 5.82 Å². The average Bonchev–Trinajstić information content (AvgIpc) is 3.13. The molecule has 0 atom stereocenters. The predicted molar refractivity (Wildman–Crippen MR) is 98.5 cm³/mol. The molecule has 5 heteroatoms. The Kier molecular flexibility index (Phi) is 4.26. The van der Waals surface area contributed by atoms with Gasteiger partial charge in [-0.25, -0.2) is 9.07 Å². The van der Waals surface area contributed by atoms with E-state index in [1.54, 1.807) is 10.7 Å². The first-order valence-electron chi connectivity index (χ1n) is 8.03. The van der Waals surface area contributed by atoms with Crippen molar-refractivity contribution >= 4 is 17.4 Å². The molecule has 0 N–H and O–H groups in total. The van der Waals surface area contributed by atoms with Gasteiger partial charge in [0.25, 0.3) is 0 Å². The molecule has 1 aliphatic heterocycles. The van der Waals surface area contributed by atoms with E-state index in [2.05, 4.69) is 34.3 Å². The number of nitrogens with zero attached hydrogens (tertiary/aromatic N) is 3. The van der Waals surface area contributed by atoms with Gasteiger partial charge in [0.2, 0.25) is 0 Å². The van der Waals surface area contributed by atoms with Crippen LogP contribution in [-0.2, 0) is 0 Å². The number of anilines is 1. The molecular weight excluding hydrogens is 321 g/mol. The van der Waals surface area contributed by atoms with Crippen LogP contribution >= 0.6 is 11.8 Å². The van der Waals surface area contributed by atoms with Crippen molar-refractivity contribution in [1.82, 2.24) is 9.78 Å². The van der Waals surface area contributed by atoms with Crippen LogP contribution in [-0.4, -0.2) is 34.4 Å². The molecule has 24 heavy (non-hydrogen) atoms. The fourth-order valence-corrected chi connectivity index (χ4v) is 3.82. The van der Waals surface area contributed by atoms with Crippen molar-refractivity contribution in [1.29, 1.82) is 0 Å². The van der Waals surface area contributed by atoms with E-state index in [9.17, 15) is 4.39 Å². The summed E-state index contributed by atoms with van der Waals surface area (Å²) < 4.78 is 15.1. The fraction of sp³-hybridized carbons (Fsp3) is 0.211. The van der Waals surface area contributed by atoms with Crippen LogP contribution in [0.15, 0.2) is 60.9 Å². The standard InChI is InChI=1S/C19H18FN3S/c20-17-2-1-3-19(12-17)23-14-16(13-21-23)15-4-6-18(7-5-15)22-8-10-24-11-9-22/h1-7,12-14H,8-11H2. The van der Waals surface area contributed by atoms with E-state index in [4.69, 9.17) is 0 Å². The zero-order valence-corrected chi connectivity index (χ0v) is 14.0. The van der Waals surface area contributed by atoms with Crippen LogP contribution < -0.4 is 4.90 Å². The van der Waals surface area contributed by atoms with Gasteiger partial charge in [-0.1, -0.05) is 18.2 Å². The van der Waals surface area contributed by atoms with Crippen LogP contribution in [0.3, 0.4) is 0 Å². The third-order valence-electron chi connectivity index (χ3n) is 4.23. The minimum atomic E-state index is -0.256. The first-order chi connectivity index (χ1) is 11.8. The highest BCUT2D eigenvalue weighted by Crippen LogP contribution is 2.25. The first kappa shape index (κ1) is 15.3. The summed E-state index contributed by atoms with van der Waals surface area (Å²) in [5.74, 6) is 2.14. The Balaban J connectivity index is 1.56. The number of hydrogen-bond acceptors (Lipinski definition) is 3. The van der Waals surface area contributed by atoms with Crippen LogP contribution in [0.5, 0.6) is 0 Å². The topological polar surface area (TPSA) is 21.1 Å². The lowest BCUT2D eigenvalue weighted by molar-refractivity contribution is 0.625. The van der Waals surface area contributed by atoms with Crippen molar-refractivity contribution in [2.24, 2.45) is 0 Å². The molecule has 0 bridgehead atoms. The smallest absolute Gasteiger partial charge is 0.125 e. The van der Waals surface area contributed by atoms with Crippen LogP contribution in [0.2, 0.25) is 0 Å². The van der Waals surface area contributed by atoms with Gasteiger partial charge >= 0.3 is 0 Å². The van der Waals surface area contributed by atoms with E-state index in [-0.39, 0.29) is 5.82 Å². The highest BCUT2D eigenvalue weighted by molar-refractivity contribution is 7.99. The molecule has 0 spiro atoms. The quantitative estimate of drug-likeness (QED) is 0.712. The summed E-state index contributed by atoms with van der Waals surface area (Å²) in [5, 5.41) is 4.35. The van der Waals surface area contributed by atoms with Crippen molar-refractivity contribution in [2.45, 2.75) is 0 Å². The van der Waals surface area contributed by atoms with E-state index >= 15 is 0 Å². The zero-order chi connectivity index (χ0) is 16.4. The minimum absolute atomic E-state index is 0.256. The summed E-state index contributed by atoms with van der Waals surface area (Å²) in [6.07, 6.45) is 3.75. The number of thioether (sulfide) groups is 1. The maximum Gasteiger partial charge on any atom is 0.125 e. The second-order valence-electron chi connectivity index (χ2n) is 5.80. The van der Waals surface area contributed by atoms with Crippen molar-refractivity contribution < 1.29 is 4.39 Å². The summed E-state index contributed by atoms with van der Waals surface area (Å²) >= 11 is 2.02. The second kappa shape index (κ2) is 6.69. The molecule has 1 saturated heterocycles. The molecule has 4 rings (SSSR count). The molecule has 122 valence electrons. The monoisotopic (exact) mass is 339 g/mol. The molecule has 0 aliphatic carbocycles. The molecule has 3 nitrogen and oxygen atoms in total. The first-order valence-corrected chi connectivity index (χ1v) is 9.19. The van der Waals surface area contributed by atoms with Gasteiger partial charge in [0, 0.05) is 42.0 Å². The van der Waals surface area contributed by atoms with Gasteiger partial charge in [0.05, 0.1) is 11.9 Å². The molecule has 0 unspecified atom stereocenters.